The second-order valence-electron chi connectivity index (χ2n) is 4.78. The van der Waals surface area contributed by atoms with E-state index in [9.17, 15) is 4.79 Å². The number of carbonyl (C=O) groups excluding carboxylic acids is 1. The summed E-state index contributed by atoms with van der Waals surface area (Å²) in [6.07, 6.45) is 2.37. The molecule has 2 atom stereocenters. The summed E-state index contributed by atoms with van der Waals surface area (Å²) in [6.45, 7) is 8.16. The van der Waals surface area contributed by atoms with Crippen molar-refractivity contribution in [1.29, 1.82) is 0 Å². The number of nitrogens with two attached hydrogens (primary N) is 1. The van der Waals surface area contributed by atoms with Gasteiger partial charge in [0.15, 0.2) is 0 Å². The third kappa shape index (κ3) is 3.46. The predicted molar refractivity (Wildman–Crippen MR) is 64.0 cm³/mol. The Bertz CT molecular complexity index is 225. The van der Waals surface area contributed by atoms with Crippen molar-refractivity contribution in [2.45, 2.75) is 45.8 Å². The van der Waals surface area contributed by atoms with Gasteiger partial charge >= 0.3 is 0 Å². The van der Waals surface area contributed by atoms with Crippen molar-refractivity contribution in [1.82, 2.24) is 4.90 Å². The molecule has 1 aliphatic heterocycles. The fourth-order valence-electron chi connectivity index (χ4n) is 1.91. The Hall–Kier alpha value is -0.610. The van der Waals surface area contributed by atoms with Gasteiger partial charge in [-0.1, -0.05) is 13.8 Å². The van der Waals surface area contributed by atoms with Crippen LogP contribution >= 0.6 is 0 Å². The number of hydrogen-bond acceptors (Lipinski definition) is 3. The number of ether oxygens (including phenoxy) is 1. The Morgan fingerprint density at radius 2 is 2.25 bits per heavy atom. The maximum atomic E-state index is 12.0. The van der Waals surface area contributed by atoms with E-state index in [0.29, 0.717) is 13.1 Å². The van der Waals surface area contributed by atoms with Crippen LogP contribution in [0.2, 0.25) is 0 Å². The van der Waals surface area contributed by atoms with E-state index in [1.165, 1.54) is 0 Å². The van der Waals surface area contributed by atoms with Gasteiger partial charge in [-0.15, -0.1) is 0 Å². The van der Waals surface area contributed by atoms with E-state index in [0.717, 1.165) is 19.4 Å². The maximum Gasteiger partial charge on any atom is 0.239 e. The van der Waals surface area contributed by atoms with Crippen molar-refractivity contribution in [3.63, 3.8) is 0 Å². The molecule has 4 nitrogen and oxygen atoms in total. The van der Waals surface area contributed by atoms with Crippen molar-refractivity contribution < 1.29 is 9.53 Å². The normalized spacial score (nSPS) is 22.4. The molecule has 4 heteroatoms. The summed E-state index contributed by atoms with van der Waals surface area (Å²) in [7, 11) is 0. The predicted octanol–water partition coefficient (Wildman–Crippen LogP) is 0.997. The Kier molecular flexibility index (Phi) is 5.22. The number of rotatable bonds is 5. The molecule has 0 bridgehead atoms. The molecule has 0 aromatic rings. The lowest BCUT2D eigenvalue weighted by Crippen LogP contribution is -2.48. The van der Waals surface area contributed by atoms with Crippen LogP contribution < -0.4 is 5.73 Å². The highest BCUT2D eigenvalue weighted by Crippen LogP contribution is 2.14. The molecule has 1 aliphatic rings. The summed E-state index contributed by atoms with van der Waals surface area (Å²) in [4.78, 5) is 13.9. The minimum Gasteiger partial charge on any atom is -0.376 e. The number of hydrogen-bond donors (Lipinski definition) is 1. The highest BCUT2D eigenvalue weighted by atomic mass is 16.5. The topological polar surface area (TPSA) is 55.6 Å². The molecule has 1 rings (SSSR count). The van der Waals surface area contributed by atoms with Crippen LogP contribution in [0.15, 0.2) is 0 Å². The molecule has 0 saturated carbocycles. The zero-order valence-electron chi connectivity index (χ0n) is 10.6. The van der Waals surface area contributed by atoms with Gasteiger partial charge in [0.2, 0.25) is 5.91 Å². The van der Waals surface area contributed by atoms with E-state index in [1.807, 2.05) is 25.7 Å². The molecule has 2 N–H and O–H groups in total. The first-order valence-electron chi connectivity index (χ1n) is 6.22. The zero-order chi connectivity index (χ0) is 12.1. The minimum absolute atomic E-state index is 0.0491. The Labute approximate surface area is 98.1 Å². The highest BCUT2D eigenvalue weighted by Gasteiger charge is 2.26. The van der Waals surface area contributed by atoms with Crippen molar-refractivity contribution in [2.75, 3.05) is 19.7 Å². The molecule has 1 unspecified atom stereocenters. The average molecular weight is 228 g/mol. The van der Waals surface area contributed by atoms with Gasteiger partial charge in [0.05, 0.1) is 12.1 Å². The Balaban J connectivity index is 2.48. The van der Waals surface area contributed by atoms with E-state index >= 15 is 0 Å². The Morgan fingerprint density at radius 1 is 1.56 bits per heavy atom. The monoisotopic (exact) mass is 228 g/mol. The minimum atomic E-state index is -0.388. The molecule has 0 aromatic heterocycles. The third-order valence-corrected chi connectivity index (χ3v) is 3.14. The molecule has 1 amide bonds. The van der Waals surface area contributed by atoms with Crippen molar-refractivity contribution in [2.24, 2.45) is 11.7 Å². The molecular formula is C12H24N2O2. The lowest BCUT2D eigenvalue weighted by atomic mass is 10.0. The summed E-state index contributed by atoms with van der Waals surface area (Å²) in [5.41, 5.74) is 5.88. The molecule has 94 valence electrons. The van der Waals surface area contributed by atoms with Gasteiger partial charge in [0.25, 0.3) is 0 Å². The Morgan fingerprint density at radius 3 is 2.69 bits per heavy atom. The van der Waals surface area contributed by atoms with Crippen molar-refractivity contribution >= 4 is 5.91 Å². The lowest BCUT2D eigenvalue weighted by molar-refractivity contribution is -0.134. The second kappa shape index (κ2) is 6.21. The lowest BCUT2D eigenvalue weighted by Gasteiger charge is -2.28. The van der Waals surface area contributed by atoms with E-state index in [2.05, 4.69) is 0 Å². The fourth-order valence-corrected chi connectivity index (χ4v) is 1.91. The molecule has 1 fully saturated rings. The maximum absolute atomic E-state index is 12.0. The van der Waals surface area contributed by atoms with Crippen LogP contribution in [0, 0.1) is 5.92 Å². The number of carbonyl (C=O) groups is 1. The van der Waals surface area contributed by atoms with Crippen molar-refractivity contribution in [3.8, 4) is 0 Å². The van der Waals surface area contributed by atoms with Gasteiger partial charge in [0.1, 0.15) is 0 Å². The summed E-state index contributed by atoms with van der Waals surface area (Å²) in [6, 6.07) is -0.388. The van der Waals surface area contributed by atoms with Gasteiger partial charge in [-0.25, -0.2) is 0 Å². The molecule has 16 heavy (non-hydrogen) atoms. The second-order valence-corrected chi connectivity index (χ2v) is 4.78. The van der Waals surface area contributed by atoms with Gasteiger partial charge in [-0.2, -0.15) is 0 Å². The van der Waals surface area contributed by atoms with Gasteiger partial charge in [-0.3, -0.25) is 4.79 Å². The summed E-state index contributed by atoms with van der Waals surface area (Å²) >= 11 is 0. The molecule has 0 aromatic carbocycles. The van der Waals surface area contributed by atoms with Crippen molar-refractivity contribution in [3.05, 3.63) is 0 Å². The number of amides is 1. The first kappa shape index (κ1) is 13.5. The summed E-state index contributed by atoms with van der Waals surface area (Å²) in [5.74, 6) is 0.235. The zero-order valence-corrected chi connectivity index (χ0v) is 10.6. The molecule has 1 saturated heterocycles. The van der Waals surface area contributed by atoms with E-state index in [4.69, 9.17) is 10.5 Å². The van der Waals surface area contributed by atoms with Crippen LogP contribution in [-0.2, 0) is 9.53 Å². The van der Waals surface area contributed by atoms with E-state index in [1.54, 1.807) is 0 Å². The molecule has 1 heterocycles. The quantitative estimate of drug-likeness (QED) is 0.763. The molecule has 0 aliphatic carbocycles. The molecular weight excluding hydrogens is 204 g/mol. The van der Waals surface area contributed by atoms with Gasteiger partial charge < -0.3 is 15.4 Å². The van der Waals surface area contributed by atoms with Gasteiger partial charge in [0, 0.05) is 19.7 Å². The van der Waals surface area contributed by atoms with Crippen LogP contribution in [0.4, 0.5) is 0 Å². The van der Waals surface area contributed by atoms with Gasteiger partial charge in [-0.05, 0) is 25.7 Å². The van der Waals surface area contributed by atoms with Crippen LogP contribution in [-0.4, -0.2) is 42.6 Å². The fraction of sp³-hybridized carbons (Fsp3) is 0.917. The van der Waals surface area contributed by atoms with E-state index in [-0.39, 0.29) is 24.0 Å². The smallest absolute Gasteiger partial charge is 0.239 e. The highest BCUT2D eigenvalue weighted by molar-refractivity contribution is 5.81. The third-order valence-electron chi connectivity index (χ3n) is 3.14. The number of nitrogens with zero attached hydrogens (tertiary/aromatic N) is 1. The first-order chi connectivity index (χ1) is 7.56. The summed E-state index contributed by atoms with van der Waals surface area (Å²) in [5, 5.41) is 0. The molecule has 0 radical (unpaired) electrons. The standard InChI is InChI=1S/C12H24N2O2/c1-4-14(8-10-6-5-7-16-10)12(15)11(13)9(2)3/h9-11H,4-8,13H2,1-3H3/t10?,11-/m1/s1. The number of likely N-dealkylation sites (N-methyl/N-ethyl adjacent to an activating group) is 1. The summed E-state index contributed by atoms with van der Waals surface area (Å²) < 4.78 is 5.54. The first-order valence-corrected chi connectivity index (χ1v) is 6.22. The van der Waals surface area contributed by atoms with Crippen LogP contribution in [0.1, 0.15) is 33.6 Å². The van der Waals surface area contributed by atoms with Crippen LogP contribution in [0.5, 0.6) is 0 Å². The van der Waals surface area contributed by atoms with Crippen LogP contribution in [0.25, 0.3) is 0 Å². The average Bonchev–Trinajstić information content (AvgIpc) is 2.76. The largest absolute Gasteiger partial charge is 0.376 e. The molecule has 0 spiro atoms. The van der Waals surface area contributed by atoms with E-state index < -0.39 is 0 Å². The van der Waals surface area contributed by atoms with Crippen LogP contribution in [0.3, 0.4) is 0 Å². The SMILES string of the molecule is CCN(CC1CCCO1)C(=O)[C@H](N)C(C)C.